The van der Waals surface area contributed by atoms with E-state index in [-0.39, 0.29) is 5.78 Å². The van der Waals surface area contributed by atoms with Crippen LogP contribution in [0.1, 0.15) is 22.6 Å². The van der Waals surface area contributed by atoms with E-state index in [1.54, 1.807) is 24.4 Å². The predicted octanol–water partition coefficient (Wildman–Crippen LogP) is 3.54. The van der Waals surface area contributed by atoms with E-state index in [1.165, 1.54) is 0 Å². The monoisotopic (exact) mass is 282 g/mol. The zero-order chi connectivity index (χ0) is 13.1. The van der Waals surface area contributed by atoms with Crippen LogP contribution in [0.2, 0.25) is 10.0 Å². The lowest BCUT2D eigenvalue weighted by Crippen LogP contribution is -2.05. The highest BCUT2D eigenvalue weighted by atomic mass is 35.5. The number of carbonyl (C=O) groups excluding carboxylic acids is 1. The van der Waals surface area contributed by atoms with Crippen molar-refractivity contribution >= 4 is 29.0 Å². The van der Waals surface area contributed by atoms with Crippen molar-refractivity contribution in [2.45, 2.75) is 12.8 Å². The number of hydrogen-bond acceptors (Lipinski definition) is 2. The molecule has 1 aromatic carbocycles. The summed E-state index contributed by atoms with van der Waals surface area (Å²) in [5.41, 5.74) is 0.510. The van der Waals surface area contributed by atoms with Gasteiger partial charge in [-0.15, -0.1) is 0 Å². The average molecular weight is 283 g/mol. The van der Waals surface area contributed by atoms with Gasteiger partial charge in [-0.1, -0.05) is 23.2 Å². The van der Waals surface area contributed by atoms with Crippen LogP contribution in [0.5, 0.6) is 0 Å². The van der Waals surface area contributed by atoms with Crippen molar-refractivity contribution in [2.75, 3.05) is 0 Å². The van der Waals surface area contributed by atoms with E-state index in [9.17, 15) is 4.79 Å². The highest BCUT2D eigenvalue weighted by Crippen LogP contribution is 2.22. The molecule has 0 N–H and O–H groups in total. The Balaban J connectivity index is 2.06. The van der Waals surface area contributed by atoms with Gasteiger partial charge in [-0.3, -0.25) is 4.79 Å². The van der Waals surface area contributed by atoms with Gasteiger partial charge in [0.2, 0.25) is 0 Å². The summed E-state index contributed by atoms with van der Waals surface area (Å²) in [5, 5.41) is 0.924. The molecule has 0 saturated heterocycles. The second-order valence-corrected chi connectivity index (χ2v) is 4.85. The first-order chi connectivity index (χ1) is 8.58. The quantitative estimate of drug-likeness (QED) is 0.804. The van der Waals surface area contributed by atoms with Crippen LogP contribution in [0.15, 0.2) is 30.6 Å². The molecule has 0 aliphatic carbocycles. The molecule has 0 aliphatic rings. The first kappa shape index (κ1) is 13.1. The van der Waals surface area contributed by atoms with Crippen molar-refractivity contribution in [1.82, 2.24) is 9.55 Å². The van der Waals surface area contributed by atoms with Gasteiger partial charge in [-0.25, -0.2) is 4.98 Å². The molecule has 0 fully saturated rings. The van der Waals surface area contributed by atoms with Gasteiger partial charge < -0.3 is 4.57 Å². The van der Waals surface area contributed by atoms with Gasteiger partial charge >= 0.3 is 0 Å². The molecule has 1 aromatic heterocycles. The summed E-state index contributed by atoms with van der Waals surface area (Å²) in [5.74, 6) is 0.883. The molecule has 0 aliphatic heterocycles. The molecule has 94 valence electrons. The Bertz CT molecular complexity index is 578. The van der Waals surface area contributed by atoms with Crippen LogP contribution in [-0.2, 0) is 13.5 Å². The first-order valence-electron chi connectivity index (χ1n) is 5.52. The van der Waals surface area contributed by atoms with Crippen molar-refractivity contribution in [1.29, 1.82) is 0 Å². The lowest BCUT2D eigenvalue weighted by Gasteiger charge is -2.04. The van der Waals surface area contributed by atoms with Gasteiger partial charge in [0, 0.05) is 42.9 Å². The Hall–Kier alpha value is -1.32. The largest absolute Gasteiger partial charge is 0.338 e. The van der Waals surface area contributed by atoms with Crippen LogP contribution in [0.4, 0.5) is 0 Å². The number of Topliss-reactive ketones (excluding diaryl/α,β-unsaturated/α-hetero) is 1. The Labute approximate surface area is 115 Å². The number of imidazole rings is 1. The highest BCUT2D eigenvalue weighted by molar-refractivity contribution is 6.36. The maximum Gasteiger partial charge on any atom is 0.164 e. The number of aromatic nitrogens is 2. The molecule has 1 heterocycles. The van der Waals surface area contributed by atoms with Gasteiger partial charge in [-0.05, 0) is 18.2 Å². The van der Waals surface area contributed by atoms with E-state index in [0.29, 0.717) is 28.5 Å². The number of ketones is 1. The molecule has 3 nitrogen and oxygen atoms in total. The van der Waals surface area contributed by atoms with Crippen LogP contribution >= 0.6 is 23.2 Å². The van der Waals surface area contributed by atoms with Crippen LogP contribution in [0, 0.1) is 0 Å². The molecule has 18 heavy (non-hydrogen) atoms. The maximum absolute atomic E-state index is 12.0. The van der Waals surface area contributed by atoms with E-state index in [0.717, 1.165) is 5.82 Å². The fraction of sp³-hybridized carbons (Fsp3) is 0.231. The normalized spacial score (nSPS) is 10.6. The van der Waals surface area contributed by atoms with Crippen LogP contribution in [0.25, 0.3) is 0 Å². The third-order valence-electron chi connectivity index (χ3n) is 2.73. The number of hydrogen-bond donors (Lipinski definition) is 0. The zero-order valence-electron chi connectivity index (χ0n) is 9.86. The lowest BCUT2D eigenvalue weighted by molar-refractivity contribution is 0.0982. The van der Waals surface area contributed by atoms with Crippen molar-refractivity contribution in [3.05, 3.63) is 52.0 Å². The van der Waals surface area contributed by atoms with Crippen molar-refractivity contribution in [3.8, 4) is 0 Å². The summed E-state index contributed by atoms with van der Waals surface area (Å²) in [6.07, 6.45) is 4.55. The van der Waals surface area contributed by atoms with Gasteiger partial charge in [-0.2, -0.15) is 0 Å². The molecule has 2 aromatic rings. The number of halogens is 2. The Kier molecular flexibility index (Phi) is 4.04. The van der Waals surface area contributed by atoms with Gasteiger partial charge in [0.15, 0.2) is 5.78 Å². The fourth-order valence-corrected chi connectivity index (χ4v) is 2.23. The van der Waals surface area contributed by atoms with Gasteiger partial charge in [0.1, 0.15) is 5.82 Å². The average Bonchev–Trinajstić information content (AvgIpc) is 2.72. The van der Waals surface area contributed by atoms with E-state index in [1.807, 2.05) is 17.8 Å². The topological polar surface area (TPSA) is 34.9 Å². The Morgan fingerprint density at radius 1 is 1.39 bits per heavy atom. The number of nitrogens with zero attached hydrogens (tertiary/aromatic N) is 2. The highest BCUT2D eigenvalue weighted by Gasteiger charge is 2.12. The minimum atomic E-state index is -0.000309. The first-order valence-corrected chi connectivity index (χ1v) is 6.28. The molecular formula is C13H12Cl2N2O. The number of carbonyl (C=O) groups is 1. The van der Waals surface area contributed by atoms with E-state index >= 15 is 0 Å². The van der Waals surface area contributed by atoms with E-state index in [2.05, 4.69) is 4.98 Å². The van der Waals surface area contributed by atoms with E-state index in [4.69, 9.17) is 23.2 Å². The van der Waals surface area contributed by atoms with Crippen molar-refractivity contribution < 1.29 is 4.79 Å². The SMILES string of the molecule is Cn1ccnc1CCC(=O)c1ccc(Cl)cc1Cl. The summed E-state index contributed by atoms with van der Waals surface area (Å²) in [6.45, 7) is 0. The Morgan fingerprint density at radius 3 is 2.78 bits per heavy atom. The van der Waals surface area contributed by atoms with E-state index < -0.39 is 0 Å². The Morgan fingerprint density at radius 2 is 2.17 bits per heavy atom. The second-order valence-electron chi connectivity index (χ2n) is 4.00. The van der Waals surface area contributed by atoms with Crippen LogP contribution in [0.3, 0.4) is 0 Å². The standard InChI is InChI=1S/C13H12Cl2N2O/c1-17-7-6-16-13(17)5-4-12(18)10-3-2-9(14)8-11(10)15/h2-3,6-8H,4-5H2,1H3. The lowest BCUT2D eigenvalue weighted by atomic mass is 10.1. The number of rotatable bonds is 4. The van der Waals surface area contributed by atoms with Crippen molar-refractivity contribution in [2.24, 2.45) is 7.05 Å². The van der Waals surface area contributed by atoms with Crippen LogP contribution < -0.4 is 0 Å². The third-order valence-corrected chi connectivity index (χ3v) is 3.28. The zero-order valence-corrected chi connectivity index (χ0v) is 11.4. The minimum Gasteiger partial charge on any atom is -0.338 e. The molecule has 0 atom stereocenters. The molecule has 0 amide bonds. The molecule has 5 heteroatoms. The summed E-state index contributed by atoms with van der Waals surface area (Å²) in [6, 6.07) is 4.91. The molecule has 0 saturated carbocycles. The number of benzene rings is 1. The number of aryl methyl sites for hydroxylation is 2. The smallest absolute Gasteiger partial charge is 0.164 e. The summed E-state index contributed by atoms with van der Waals surface area (Å²) < 4.78 is 1.90. The maximum atomic E-state index is 12.0. The van der Waals surface area contributed by atoms with Gasteiger partial charge in [0.25, 0.3) is 0 Å². The summed E-state index contributed by atoms with van der Waals surface area (Å²) in [4.78, 5) is 16.2. The summed E-state index contributed by atoms with van der Waals surface area (Å²) >= 11 is 11.8. The molecular weight excluding hydrogens is 271 g/mol. The van der Waals surface area contributed by atoms with Crippen LogP contribution in [-0.4, -0.2) is 15.3 Å². The fourth-order valence-electron chi connectivity index (χ4n) is 1.71. The molecule has 2 rings (SSSR count). The third kappa shape index (κ3) is 2.92. The predicted molar refractivity (Wildman–Crippen MR) is 72.3 cm³/mol. The molecule has 0 radical (unpaired) electrons. The molecule has 0 spiro atoms. The minimum absolute atomic E-state index is 0.000309. The van der Waals surface area contributed by atoms with Gasteiger partial charge in [0.05, 0.1) is 5.02 Å². The summed E-state index contributed by atoms with van der Waals surface area (Å²) in [7, 11) is 1.90. The molecule has 0 bridgehead atoms. The second kappa shape index (κ2) is 5.55. The van der Waals surface area contributed by atoms with Crippen molar-refractivity contribution in [3.63, 3.8) is 0 Å². The molecule has 0 unspecified atom stereocenters.